The highest BCUT2D eigenvalue weighted by Crippen LogP contribution is 2.26. The lowest BCUT2D eigenvalue weighted by Crippen LogP contribution is -2.35. The van der Waals surface area contributed by atoms with Gasteiger partial charge >= 0.3 is 5.97 Å². The number of methoxy groups -OCH3 is 2. The summed E-state index contributed by atoms with van der Waals surface area (Å²) < 4.78 is 10.3. The van der Waals surface area contributed by atoms with Gasteiger partial charge in [-0.25, -0.2) is 0 Å². The first-order valence-electron chi connectivity index (χ1n) is 6.56. The van der Waals surface area contributed by atoms with Crippen LogP contribution in [0.15, 0.2) is 6.07 Å². The van der Waals surface area contributed by atoms with Crippen LogP contribution in [0.3, 0.4) is 0 Å². The average molecular weight is 281 g/mol. The van der Waals surface area contributed by atoms with E-state index in [0.29, 0.717) is 17.7 Å². The van der Waals surface area contributed by atoms with Gasteiger partial charge in [0, 0.05) is 19.5 Å². The van der Waals surface area contributed by atoms with Crippen molar-refractivity contribution in [3.05, 3.63) is 6.07 Å². The largest absolute Gasteiger partial charge is 0.481 e. The molecule has 0 aliphatic carbocycles. The van der Waals surface area contributed by atoms with Gasteiger partial charge in [-0.05, 0) is 18.8 Å². The van der Waals surface area contributed by atoms with E-state index in [2.05, 4.69) is 9.97 Å². The maximum atomic E-state index is 10.7. The molecule has 20 heavy (non-hydrogen) atoms. The Morgan fingerprint density at radius 1 is 1.30 bits per heavy atom. The zero-order valence-electron chi connectivity index (χ0n) is 11.7. The van der Waals surface area contributed by atoms with E-state index in [-0.39, 0.29) is 12.3 Å². The summed E-state index contributed by atoms with van der Waals surface area (Å²) in [6.45, 7) is 1.49. The number of nitrogens with zero attached hydrogens (tertiary/aromatic N) is 3. The fraction of sp³-hybridized carbons (Fsp3) is 0.615. The van der Waals surface area contributed by atoms with Gasteiger partial charge < -0.3 is 19.5 Å². The van der Waals surface area contributed by atoms with Crippen LogP contribution >= 0.6 is 0 Å². The van der Waals surface area contributed by atoms with Crippen molar-refractivity contribution in [3.63, 3.8) is 0 Å². The molecule has 110 valence electrons. The minimum atomic E-state index is -0.734. The number of anilines is 1. The monoisotopic (exact) mass is 281 g/mol. The van der Waals surface area contributed by atoms with Gasteiger partial charge in [0.1, 0.15) is 0 Å². The van der Waals surface area contributed by atoms with Gasteiger partial charge in [-0.2, -0.15) is 9.97 Å². The number of aliphatic carboxylic acids is 1. The van der Waals surface area contributed by atoms with Crippen molar-refractivity contribution in [1.29, 1.82) is 0 Å². The van der Waals surface area contributed by atoms with Gasteiger partial charge in [-0.15, -0.1) is 0 Å². The maximum absolute atomic E-state index is 10.7. The molecule has 1 N–H and O–H groups in total. The Hall–Kier alpha value is -2.05. The standard InChI is InChI=1S/C13H19N3O4/c1-19-10-8-11(20-2)15-13(14-10)16-5-3-9(4-6-16)7-12(17)18/h8-9H,3-7H2,1-2H3,(H,17,18). The van der Waals surface area contributed by atoms with Gasteiger partial charge in [0.15, 0.2) is 0 Å². The third kappa shape index (κ3) is 3.49. The minimum Gasteiger partial charge on any atom is -0.481 e. The summed E-state index contributed by atoms with van der Waals surface area (Å²) in [6, 6.07) is 1.63. The van der Waals surface area contributed by atoms with E-state index >= 15 is 0 Å². The van der Waals surface area contributed by atoms with Crippen LogP contribution in [0.5, 0.6) is 11.8 Å². The Morgan fingerprint density at radius 2 is 1.85 bits per heavy atom. The fourth-order valence-corrected chi connectivity index (χ4v) is 2.33. The molecule has 0 spiro atoms. The molecular weight excluding hydrogens is 262 g/mol. The van der Waals surface area contributed by atoms with Gasteiger partial charge in [-0.1, -0.05) is 0 Å². The molecule has 0 bridgehead atoms. The molecule has 7 nitrogen and oxygen atoms in total. The quantitative estimate of drug-likeness (QED) is 0.867. The predicted octanol–water partition coefficient (Wildman–Crippen LogP) is 1.18. The van der Waals surface area contributed by atoms with Crippen molar-refractivity contribution in [1.82, 2.24) is 9.97 Å². The molecule has 1 aliphatic heterocycles. The highest BCUT2D eigenvalue weighted by atomic mass is 16.5. The van der Waals surface area contributed by atoms with Crippen molar-refractivity contribution < 1.29 is 19.4 Å². The number of hydrogen-bond acceptors (Lipinski definition) is 6. The van der Waals surface area contributed by atoms with Crippen LogP contribution in [0.4, 0.5) is 5.95 Å². The van der Waals surface area contributed by atoms with E-state index in [4.69, 9.17) is 14.6 Å². The van der Waals surface area contributed by atoms with E-state index in [1.807, 2.05) is 4.90 Å². The summed E-state index contributed by atoms with van der Waals surface area (Å²) in [5, 5.41) is 8.81. The molecule has 2 rings (SSSR count). The minimum absolute atomic E-state index is 0.232. The van der Waals surface area contributed by atoms with Crippen LogP contribution in [0.2, 0.25) is 0 Å². The van der Waals surface area contributed by atoms with Gasteiger partial charge in [0.05, 0.1) is 20.3 Å². The first-order chi connectivity index (χ1) is 9.62. The van der Waals surface area contributed by atoms with Crippen LogP contribution in [0.25, 0.3) is 0 Å². The molecule has 0 atom stereocenters. The number of aromatic nitrogens is 2. The topological polar surface area (TPSA) is 84.8 Å². The Bertz CT molecular complexity index is 450. The summed E-state index contributed by atoms with van der Waals surface area (Å²) >= 11 is 0. The van der Waals surface area contributed by atoms with Crippen LogP contribution in [0.1, 0.15) is 19.3 Å². The second-order valence-corrected chi connectivity index (χ2v) is 4.78. The zero-order chi connectivity index (χ0) is 14.5. The summed E-state index contributed by atoms with van der Waals surface area (Å²) in [5.41, 5.74) is 0. The number of rotatable bonds is 5. The summed E-state index contributed by atoms with van der Waals surface area (Å²) in [7, 11) is 3.09. The Labute approximate surface area is 117 Å². The highest BCUT2D eigenvalue weighted by molar-refractivity contribution is 5.67. The number of carboxylic acids is 1. The molecule has 0 aromatic carbocycles. The Morgan fingerprint density at radius 3 is 2.30 bits per heavy atom. The van der Waals surface area contributed by atoms with E-state index in [1.165, 1.54) is 0 Å². The predicted molar refractivity (Wildman–Crippen MR) is 72.3 cm³/mol. The van der Waals surface area contributed by atoms with Crippen molar-refractivity contribution >= 4 is 11.9 Å². The second kappa shape index (κ2) is 6.40. The summed E-state index contributed by atoms with van der Waals surface area (Å²) in [6.07, 6.45) is 1.89. The first-order valence-corrected chi connectivity index (χ1v) is 6.56. The maximum Gasteiger partial charge on any atom is 0.303 e. The zero-order valence-corrected chi connectivity index (χ0v) is 11.7. The van der Waals surface area contributed by atoms with Gasteiger partial charge in [-0.3, -0.25) is 4.79 Å². The number of ether oxygens (including phenoxy) is 2. The van der Waals surface area contributed by atoms with Crippen LogP contribution in [0, 0.1) is 5.92 Å². The van der Waals surface area contributed by atoms with Crippen molar-refractivity contribution in [2.75, 3.05) is 32.2 Å². The lowest BCUT2D eigenvalue weighted by atomic mass is 9.94. The Kier molecular flexibility index (Phi) is 4.60. The lowest BCUT2D eigenvalue weighted by molar-refractivity contribution is -0.138. The fourth-order valence-electron chi connectivity index (χ4n) is 2.33. The normalized spacial score (nSPS) is 16.0. The SMILES string of the molecule is COc1cc(OC)nc(N2CCC(CC(=O)O)CC2)n1. The third-order valence-electron chi connectivity index (χ3n) is 3.45. The van der Waals surface area contributed by atoms with Gasteiger partial charge in [0.2, 0.25) is 17.7 Å². The molecule has 1 aliphatic rings. The van der Waals surface area contributed by atoms with Gasteiger partial charge in [0.25, 0.3) is 0 Å². The summed E-state index contributed by atoms with van der Waals surface area (Å²) in [4.78, 5) is 21.4. The van der Waals surface area contributed by atoms with Crippen molar-refractivity contribution in [2.24, 2.45) is 5.92 Å². The van der Waals surface area contributed by atoms with E-state index in [0.717, 1.165) is 25.9 Å². The molecule has 0 unspecified atom stereocenters. The van der Waals surface area contributed by atoms with Crippen molar-refractivity contribution in [3.8, 4) is 11.8 Å². The molecule has 0 amide bonds. The summed E-state index contributed by atoms with van der Waals surface area (Å²) in [5.74, 6) is 0.980. The molecule has 1 aromatic rings. The number of hydrogen-bond donors (Lipinski definition) is 1. The average Bonchev–Trinajstić information content (AvgIpc) is 2.46. The molecule has 1 aromatic heterocycles. The van der Waals surface area contributed by atoms with Crippen LogP contribution < -0.4 is 14.4 Å². The molecule has 0 radical (unpaired) electrons. The van der Waals surface area contributed by atoms with E-state index in [9.17, 15) is 4.79 Å². The smallest absolute Gasteiger partial charge is 0.303 e. The van der Waals surface area contributed by atoms with E-state index in [1.54, 1.807) is 20.3 Å². The number of piperidine rings is 1. The second-order valence-electron chi connectivity index (χ2n) is 4.78. The Balaban J connectivity index is 2.04. The highest BCUT2D eigenvalue weighted by Gasteiger charge is 2.23. The van der Waals surface area contributed by atoms with Crippen LogP contribution in [-0.4, -0.2) is 48.4 Å². The number of carboxylic acid groups (broad SMARTS) is 1. The van der Waals surface area contributed by atoms with Crippen LogP contribution in [-0.2, 0) is 4.79 Å². The number of carbonyl (C=O) groups is 1. The molecule has 1 saturated heterocycles. The molecular formula is C13H19N3O4. The molecule has 7 heteroatoms. The molecule has 2 heterocycles. The molecule has 1 fully saturated rings. The first kappa shape index (κ1) is 14.4. The van der Waals surface area contributed by atoms with E-state index < -0.39 is 5.97 Å². The lowest BCUT2D eigenvalue weighted by Gasteiger charge is -2.31. The molecule has 0 saturated carbocycles. The third-order valence-corrected chi connectivity index (χ3v) is 3.45. The van der Waals surface area contributed by atoms with Crippen molar-refractivity contribution in [2.45, 2.75) is 19.3 Å².